The Labute approximate surface area is 98.9 Å². The predicted octanol–water partition coefficient (Wildman–Crippen LogP) is 1.95. The van der Waals surface area contributed by atoms with Gasteiger partial charge < -0.3 is 4.74 Å². The number of rotatable bonds is 0. The first-order chi connectivity index (χ1) is 8.42. The average molecular weight is 221 g/mol. The molecule has 0 aromatic heterocycles. The lowest BCUT2D eigenvalue weighted by molar-refractivity contribution is 0.309. The lowest BCUT2D eigenvalue weighted by Gasteiger charge is -2.18. The second-order valence-corrected chi connectivity index (χ2v) is 4.46. The lowest BCUT2D eigenvalue weighted by atomic mass is 9.99. The molecule has 3 heterocycles. The molecular weight excluding hydrogens is 210 g/mol. The highest BCUT2D eigenvalue weighted by atomic mass is 16.5. The highest BCUT2D eigenvalue weighted by molar-refractivity contribution is 5.76. The average Bonchev–Trinajstić information content (AvgIpc) is 2.71. The number of benzene rings is 1. The van der Waals surface area contributed by atoms with E-state index in [-0.39, 0.29) is 0 Å². The summed E-state index contributed by atoms with van der Waals surface area (Å²) in [5.41, 5.74) is 3.46. The molecule has 17 heavy (non-hydrogen) atoms. The quantitative estimate of drug-likeness (QED) is 0.656. The fourth-order valence-electron chi connectivity index (χ4n) is 2.50. The number of hydrogen-bond acceptors (Lipinski definition) is 2. The first-order valence-corrected chi connectivity index (χ1v) is 5.87. The van der Waals surface area contributed by atoms with Crippen LogP contribution in [0.25, 0.3) is 5.57 Å². The normalized spacial score (nSPS) is 24.2. The summed E-state index contributed by atoms with van der Waals surface area (Å²) in [5.74, 6) is 1.00. The minimum atomic E-state index is 0.951. The van der Waals surface area contributed by atoms with Gasteiger partial charge in [0.1, 0.15) is 11.5 Å². The Hall–Kier alpha value is -2.09. The Kier molecular flexibility index (Phi) is 1.69. The number of allylic oxidation sites excluding steroid dienone is 4. The lowest BCUT2D eigenvalue weighted by Crippen LogP contribution is -2.21. The molecule has 0 amide bonds. The maximum atomic E-state index is 5.68. The van der Waals surface area contributed by atoms with Gasteiger partial charge in [-0.3, -0.25) is 0 Å². The van der Waals surface area contributed by atoms with E-state index in [2.05, 4.69) is 35.3 Å². The molecule has 0 saturated heterocycles. The molecule has 2 nitrogen and oxygen atoms in total. The third kappa shape index (κ3) is 1.24. The molecule has 2 bridgehead atoms. The summed E-state index contributed by atoms with van der Waals surface area (Å²) in [6.07, 6.45) is 8.15. The van der Waals surface area contributed by atoms with Crippen LogP contribution in [0.1, 0.15) is 12.8 Å². The van der Waals surface area contributed by atoms with Crippen molar-refractivity contribution in [3.63, 3.8) is 0 Å². The van der Waals surface area contributed by atoms with Gasteiger partial charge in [-0.05, 0) is 18.1 Å². The van der Waals surface area contributed by atoms with Gasteiger partial charge in [0, 0.05) is 17.2 Å². The number of para-hydroxylation sites is 1. The van der Waals surface area contributed by atoms with E-state index in [0.29, 0.717) is 0 Å². The largest absolute Gasteiger partial charge is 0.467 e. The summed E-state index contributed by atoms with van der Waals surface area (Å²) in [5, 5.41) is 2.26. The number of ether oxygens (including phenoxy) is 1. The molecule has 0 radical (unpaired) electrons. The highest BCUT2D eigenvalue weighted by Gasteiger charge is 2.21. The fraction of sp³-hybridized carbons (Fsp3) is 0.133. The summed E-state index contributed by atoms with van der Waals surface area (Å²) in [4.78, 5) is 4.69. The van der Waals surface area contributed by atoms with Gasteiger partial charge in [-0.2, -0.15) is 0 Å². The van der Waals surface area contributed by atoms with Crippen LogP contribution in [0.2, 0.25) is 0 Å². The summed E-state index contributed by atoms with van der Waals surface area (Å²) >= 11 is 0. The Morgan fingerprint density at radius 3 is 2.88 bits per heavy atom. The van der Waals surface area contributed by atoms with Gasteiger partial charge in [0.25, 0.3) is 0 Å². The molecule has 4 aliphatic rings. The van der Waals surface area contributed by atoms with Gasteiger partial charge >= 0.3 is 0 Å². The van der Waals surface area contributed by atoms with Crippen LogP contribution in [0.3, 0.4) is 0 Å². The zero-order valence-electron chi connectivity index (χ0n) is 9.31. The van der Waals surface area contributed by atoms with Gasteiger partial charge in [-0.25, -0.2) is 4.99 Å². The van der Waals surface area contributed by atoms with Crippen LogP contribution >= 0.6 is 0 Å². The topological polar surface area (TPSA) is 21.6 Å². The van der Waals surface area contributed by atoms with E-state index in [1.165, 1.54) is 16.4 Å². The van der Waals surface area contributed by atoms with Crippen molar-refractivity contribution >= 4 is 5.57 Å². The van der Waals surface area contributed by atoms with Crippen molar-refractivity contribution in [2.24, 2.45) is 4.99 Å². The zero-order chi connectivity index (χ0) is 11.2. The van der Waals surface area contributed by atoms with Crippen LogP contribution < -0.4 is 10.6 Å². The van der Waals surface area contributed by atoms with Crippen LogP contribution in [-0.4, -0.2) is 0 Å². The molecule has 3 aliphatic heterocycles. The molecule has 0 N–H and O–H groups in total. The fourth-order valence-corrected chi connectivity index (χ4v) is 2.50. The Balaban J connectivity index is 2.13. The standard InChI is InChI=1S/C15H11NO/c1-2-4-13-11(3-1)12-7-5-10-6-8-14(17-9-10)15(12)16-13/h1-5,7,9H,6,8H2/b7-5?,15-14+. The van der Waals surface area contributed by atoms with Gasteiger partial charge in [0.2, 0.25) is 0 Å². The molecular formula is C15H11NO. The van der Waals surface area contributed by atoms with Crippen LogP contribution in [0, 0.1) is 0 Å². The minimum absolute atomic E-state index is 0.951. The molecule has 1 aromatic rings. The predicted molar refractivity (Wildman–Crippen MR) is 65.2 cm³/mol. The third-order valence-electron chi connectivity index (χ3n) is 3.40. The van der Waals surface area contributed by atoms with Crippen molar-refractivity contribution < 1.29 is 4.74 Å². The Morgan fingerprint density at radius 1 is 1.06 bits per heavy atom. The van der Waals surface area contributed by atoms with Crippen LogP contribution in [0.5, 0.6) is 0 Å². The first kappa shape index (κ1) is 8.99. The molecule has 0 atom stereocenters. The van der Waals surface area contributed by atoms with E-state index >= 15 is 0 Å². The molecule has 0 unspecified atom stereocenters. The number of nitrogens with zero attached hydrogens (tertiary/aromatic N) is 1. The molecule has 1 aromatic carbocycles. The molecule has 0 spiro atoms. The summed E-state index contributed by atoms with van der Waals surface area (Å²) in [6.45, 7) is 0. The van der Waals surface area contributed by atoms with E-state index in [0.717, 1.165) is 29.7 Å². The van der Waals surface area contributed by atoms with E-state index in [9.17, 15) is 0 Å². The van der Waals surface area contributed by atoms with E-state index in [1.807, 2.05) is 12.3 Å². The molecule has 5 rings (SSSR count). The molecule has 2 heteroatoms. The monoisotopic (exact) mass is 221 g/mol. The first-order valence-electron chi connectivity index (χ1n) is 5.87. The van der Waals surface area contributed by atoms with E-state index in [4.69, 9.17) is 4.74 Å². The smallest absolute Gasteiger partial charge is 0.130 e. The maximum Gasteiger partial charge on any atom is 0.130 e. The minimum Gasteiger partial charge on any atom is -0.467 e. The highest BCUT2D eigenvalue weighted by Crippen LogP contribution is 2.32. The molecule has 0 fully saturated rings. The van der Waals surface area contributed by atoms with Gasteiger partial charge in [0.05, 0.1) is 11.6 Å². The van der Waals surface area contributed by atoms with Crippen LogP contribution in [0.15, 0.2) is 64.7 Å². The third-order valence-corrected chi connectivity index (χ3v) is 3.40. The van der Waals surface area contributed by atoms with E-state index in [1.54, 1.807) is 0 Å². The van der Waals surface area contributed by atoms with Crippen molar-refractivity contribution in [2.75, 3.05) is 0 Å². The van der Waals surface area contributed by atoms with Crippen molar-refractivity contribution in [1.82, 2.24) is 0 Å². The zero-order valence-corrected chi connectivity index (χ0v) is 9.31. The van der Waals surface area contributed by atoms with Crippen molar-refractivity contribution in [3.05, 3.63) is 70.3 Å². The van der Waals surface area contributed by atoms with Crippen LogP contribution in [-0.2, 0) is 4.74 Å². The summed E-state index contributed by atoms with van der Waals surface area (Å²) in [6, 6.07) is 8.25. The summed E-state index contributed by atoms with van der Waals surface area (Å²) in [7, 11) is 0. The summed E-state index contributed by atoms with van der Waals surface area (Å²) < 4.78 is 5.68. The van der Waals surface area contributed by atoms with Crippen LogP contribution in [0.4, 0.5) is 0 Å². The Morgan fingerprint density at radius 2 is 2.00 bits per heavy atom. The SMILES string of the molecule is C1=CC2=c3ccccc3=N/C2=C2\CCC1=CO2. The number of hydrogen-bond donors (Lipinski definition) is 0. The van der Waals surface area contributed by atoms with Gasteiger partial charge in [-0.1, -0.05) is 30.4 Å². The van der Waals surface area contributed by atoms with Gasteiger partial charge in [0.15, 0.2) is 0 Å². The molecule has 82 valence electrons. The maximum absolute atomic E-state index is 5.68. The van der Waals surface area contributed by atoms with Crippen molar-refractivity contribution in [2.45, 2.75) is 12.8 Å². The van der Waals surface area contributed by atoms with Crippen molar-refractivity contribution in [3.8, 4) is 0 Å². The Bertz CT molecular complexity index is 720. The second kappa shape index (κ2) is 3.20. The number of fused-ring (bicyclic) bond motifs is 3. The second-order valence-electron chi connectivity index (χ2n) is 4.46. The molecule has 0 saturated carbocycles. The van der Waals surface area contributed by atoms with Crippen molar-refractivity contribution in [1.29, 1.82) is 0 Å². The van der Waals surface area contributed by atoms with E-state index < -0.39 is 0 Å². The van der Waals surface area contributed by atoms with Gasteiger partial charge in [-0.15, -0.1) is 0 Å². The molecule has 1 aliphatic carbocycles.